The molecule has 13 heteroatoms. The van der Waals surface area contributed by atoms with Crippen LogP contribution in [-0.4, -0.2) is 67.6 Å². The Hall–Kier alpha value is -3.35. The molecule has 218 valence electrons. The van der Waals surface area contributed by atoms with E-state index in [-0.39, 0.29) is 17.6 Å². The summed E-state index contributed by atoms with van der Waals surface area (Å²) in [6.45, 7) is 5.52. The molecular weight excluding hydrogens is 540 g/mol. The molecule has 0 atom stereocenters. The zero-order chi connectivity index (χ0) is 29.1. The summed E-state index contributed by atoms with van der Waals surface area (Å²) in [6.07, 6.45) is -7.65. The van der Waals surface area contributed by atoms with E-state index >= 15 is 0 Å². The lowest BCUT2D eigenvalue weighted by molar-refractivity contribution is -0.138. The van der Waals surface area contributed by atoms with Crippen LogP contribution in [-0.2, 0) is 17.1 Å². The van der Waals surface area contributed by atoms with Gasteiger partial charge in [0.1, 0.15) is 5.69 Å². The van der Waals surface area contributed by atoms with Crippen LogP contribution in [0.5, 0.6) is 0 Å². The van der Waals surface area contributed by atoms with Crippen LogP contribution >= 0.6 is 0 Å². The van der Waals surface area contributed by atoms with Crippen LogP contribution in [0.15, 0.2) is 41.6 Å². The van der Waals surface area contributed by atoms with Crippen molar-refractivity contribution in [3.8, 4) is 0 Å². The third-order valence-electron chi connectivity index (χ3n) is 7.39. The van der Waals surface area contributed by atoms with E-state index in [0.717, 1.165) is 18.2 Å². The average molecular weight is 572 g/mol. The standard InChI is InChI=1S/C27H31F6N5O2/c1-18-14-19(26(28,29)30)16-22(15-18)37-12-10-36(11-13-37)7-6-25(39)38-8-4-20(5-9-38)34-21-2-3-24(35-40)23(17-21)27(31,32)33/h2-3,14-17,20,34H,4-13H2,1H3. The molecule has 7 nitrogen and oxygen atoms in total. The van der Waals surface area contributed by atoms with Crippen molar-refractivity contribution < 1.29 is 31.1 Å². The summed E-state index contributed by atoms with van der Waals surface area (Å²) in [5.41, 5.74) is -1.07. The van der Waals surface area contributed by atoms with E-state index in [1.54, 1.807) is 17.9 Å². The number of anilines is 2. The first-order valence-electron chi connectivity index (χ1n) is 13.1. The predicted octanol–water partition coefficient (Wildman–Crippen LogP) is 6.05. The number of amides is 1. The lowest BCUT2D eigenvalue weighted by Crippen LogP contribution is -2.48. The minimum atomic E-state index is -4.69. The number of piperidine rings is 1. The highest BCUT2D eigenvalue weighted by Gasteiger charge is 2.35. The SMILES string of the molecule is Cc1cc(N2CCN(CCC(=O)N3CCC(Nc4ccc(N=O)c(C(F)(F)F)c4)CC3)CC2)cc(C(F)(F)F)c1. The fraction of sp³-hybridized carbons (Fsp3) is 0.519. The second-order valence-corrected chi connectivity index (χ2v) is 10.3. The third-order valence-corrected chi connectivity index (χ3v) is 7.39. The molecule has 2 heterocycles. The zero-order valence-electron chi connectivity index (χ0n) is 22.0. The number of carbonyl (C=O) groups excluding carboxylic acids is 1. The number of rotatable bonds is 7. The number of alkyl halides is 6. The second kappa shape index (κ2) is 12.0. The number of nitrogens with one attached hydrogen (secondary N) is 1. The van der Waals surface area contributed by atoms with E-state index in [2.05, 4.69) is 15.4 Å². The van der Waals surface area contributed by atoms with Crippen LogP contribution in [0.2, 0.25) is 0 Å². The third kappa shape index (κ3) is 7.43. The molecule has 2 aromatic rings. The normalized spacial score (nSPS) is 17.7. The van der Waals surface area contributed by atoms with Gasteiger partial charge in [-0.3, -0.25) is 9.69 Å². The highest BCUT2D eigenvalue weighted by atomic mass is 19.4. The molecule has 2 saturated heterocycles. The molecule has 1 amide bonds. The number of hydrogen-bond donors (Lipinski definition) is 1. The van der Waals surface area contributed by atoms with Crippen LogP contribution in [0.4, 0.5) is 43.4 Å². The van der Waals surface area contributed by atoms with Gasteiger partial charge < -0.3 is 15.1 Å². The van der Waals surface area contributed by atoms with Crippen molar-refractivity contribution in [2.75, 3.05) is 56.0 Å². The molecule has 0 unspecified atom stereocenters. The second-order valence-electron chi connectivity index (χ2n) is 10.3. The van der Waals surface area contributed by atoms with E-state index in [9.17, 15) is 36.0 Å². The number of carbonyl (C=O) groups is 1. The van der Waals surface area contributed by atoms with Gasteiger partial charge in [0.2, 0.25) is 5.91 Å². The molecule has 0 bridgehead atoms. The molecule has 0 radical (unpaired) electrons. The molecule has 2 aliphatic rings. The van der Waals surface area contributed by atoms with Crippen molar-refractivity contribution in [2.45, 2.75) is 44.6 Å². The Morgan fingerprint density at radius 2 is 1.60 bits per heavy atom. The maximum Gasteiger partial charge on any atom is 0.418 e. The Bertz CT molecular complexity index is 1200. The van der Waals surface area contributed by atoms with Gasteiger partial charge >= 0.3 is 12.4 Å². The fourth-order valence-electron chi connectivity index (χ4n) is 5.19. The molecule has 4 rings (SSSR count). The summed E-state index contributed by atoms with van der Waals surface area (Å²) in [6, 6.07) is 7.25. The Labute approximate surface area is 228 Å². The van der Waals surface area contributed by atoms with E-state index in [1.807, 2.05) is 4.90 Å². The number of hydrogen-bond acceptors (Lipinski definition) is 6. The molecule has 2 fully saturated rings. The number of halogens is 6. The lowest BCUT2D eigenvalue weighted by Gasteiger charge is -2.37. The highest BCUT2D eigenvalue weighted by molar-refractivity contribution is 5.76. The van der Waals surface area contributed by atoms with Gasteiger partial charge in [-0.1, -0.05) is 0 Å². The van der Waals surface area contributed by atoms with E-state index in [0.29, 0.717) is 76.3 Å². The smallest absolute Gasteiger partial charge is 0.382 e. The molecule has 0 saturated carbocycles. The zero-order valence-corrected chi connectivity index (χ0v) is 22.0. The van der Waals surface area contributed by atoms with Crippen LogP contribution in [0, 0.1) is 11.8 Å². The Balaban J connectivity index is 1.21. The fourth-order valence-corrected chi connectivity index (χ4v) is 5.19. The van der Waals surface area contributed by atoms with Crippen molar-refractivity contribution in [1.82, 2.24) is 9.80 Å². The lowest BCUT2D eigenvalue weighted by atomic mass is 10.0. The predicted molar refractivity (Wildman–Crippen MR) is 140 cm³/mol. The quantitative estimate of drug-likeness (QED) is 0.324. The first kappa shape index (κ1) is 29.6. The molecule has 0 spiro atoms. The van der Waals surface area contributed by atoms with Crippen molar-refractivity contribution in [3.05, 3.63) is 58.0 Å². The number of piperazine rings is 1. The van der Waals surface area contributed by atoms with Gasteiger partial charge in [-0.15, -0.1) is 4.91 Å². The van der Waals surface area contributed by atoms with Crippen molar-refractivity contribution >= 4 is 23.0 Å². The minimum Gasteiger partial charge on any atom is -0.382 e. The maximum atomic E-state index is 13.2. The summed E-state index contributed by atoms with van der Waals surface area (Å²) in [7, 11) is 0. The number of likely N-dealkylation sites (tertiary alicyclic amines) is 1. The first-order valence-corrected chi connectivity index (χ1v) is 13.1. The molecule has 2 aromatic carbocycles. The van der Waals surface area contributed by atoms with E-state index < -0.39 is 29.2 Å². The van der Waals surface area contributed by atoms with Gasteiger partial charge in [0.25, 0.3) is 0 Å². The van der Waals surface area contributed by atoms with Gasteiger partial charge in [-0.2, -0.15) is 26.3 Å². The molecule has 0 aliphatic carbocycles. The summed E-state index contributed by atoms with van der Waals surface area (Å²) in [4.78, 5) is 29.3. The van der Waals surface area contributed by atoms with E-state index in [1.165, 1.54) is 12.1 Å². The van der Waals surface area contributed by atoms with Gasteiger partial charge in [0, 0.05) is 69.7 Å². The number of aryl methyl sites for hydroxylation is 1. The molecular formula is C27H31F6N5O2. The first-order chi connectivity index (χ1) is 18.8. The maximum absolute atomic E-state index is 13.2. The highest BCUT2D eigenvalue weighted by Crippen LogP contribution is 2.38. The Morgan fingerprint density at radius 1 is 0.925 bits per heavy atom. The van der Waals surface area contributed by atoms with Crippen molar-refractivity contribution in [3.63, 3.8) is 0 Å². The number of nitrogens with zero attached hydrogens (tertiary/aromatic N) is 4. The molecule has 2 aliphatic heterocycles. The monoisotopic (exact) mass is 571 g/mol. The molecule has 0 aromatic heterocycles. The van der Waals surface area contributed by atoms with Gasteiger partial charge in [-0.25, -0.2) is 0 Å². The molecule has 40 heavy (non-hydrogen) atoms. The van der Waals surface area contributed by atoms with Crippen LogP contribution in [0.3, 0.4) is 0 Å². The van der Waals surface area contributed by atoms with Gasteiger partial charge in [-0.05, 0) is 66.9 Å². The van der Waals surface area contributed by atoms with Crippen LogP contribution in [0.1, 0.15) is 36.0 Å². The Kier molecular flexibility index (Phi) is 8.91. The number of nitroso groups, excluding NO2 is 1. The average Bonchev–Trinajstić information content (AvgIpc) is 2.91. The minimum absolute atomic E-state index is 0.00449. The molecule has 1 N–H and O–H groups in total. The number of benzene rings is 2. The van der Waals surface area contributed by atoms with Gasteiger partial charge in [0.15, 0.2) is 0 Å². The van der Waals surface area contributed by atoms with Crippen LogP contribution in [0.25, 0.3) is 0 Å². The summed E-state index contributed by atoms with van der Waals surface area (Å²) in [5.74, 6) is -0.00449. The van der Waals surface area contributed by atoms with Gasteiger partial charge in [0.05, 0.1) is 11.1 Å². The Morgan fingerprint density at radius 3 is 2.20 bits per heavy atom. The summed E-state index contributed by atoms with van der Waals surface area (Å²) < 4.78 is 79.1. The van der Waals surface area contributed by atoms with E-state index in [4.69, 9.17) is 0 Å². The van der Waals surface area contributed by atoms with Crippen LogP contribution < -0.4 is 10.2 Å². The summed E-state index contributed by atoms with van der Waals surface area (Å²) >= 11 is 0. The van der Waals surface area contributed by atoms with Crippen molar-refractivity contribution in [2.24, 2.45) is 5.18 Å². The van der Waals surface area contributed by atoms with Crippen molar-refractivity contribution in [1.29, 1.82) is 0 Å². The topological polar surface area (TPSA) is 68.2 Å². The largest absolute Gasteiger partial charge is 0.418 e. The summed E-state index contributed by atoms with van der Waals surface area (Å²) in [5, 5.41) is 5.52.